The van der Waals surface area contributed by atoms with Crippen LogP contribution in [0.3, 0.4) is 0 Å². The monoisotopic (exact) mass is 229 g/mol. The molecule has 17 heavy (non-hydrogen) atoms. The van der Waals surface area contributed by atoms with Crippen molar-refractivity contribution in [2.75, 3.05) is 13.6 Å². The van der Waals surface area contributed by atoms with E-state index in [2.05, 4.69) is 39.7 Å². The number of hydrogen-bond donors (Lipinski definition) is 1. The van der Waals surface area contributed by atoms with Gasteiger partial charge in [-0.05, 0) is 24.6 Å². The summed E-state index contributed by atoms with van der Waals surface area (Å²) in [6, 6.07) is 8.43. The van der Waals surface area contributed by atoms with Crippen molar-refractivity contribution < 1.29 is 4.52 Å². The van der Waals surface area contributed by atoms with Gasteiger partial charge < -0.3 is 9.84 Å². The van der Waals surface area contributed by atoms with Crippen molar-refractivity contribution in [3.05, 3.63) is 47.1 Å². The molecule has 88 valence electrons. The normalized spacial score (nSPS) is 17.6. The van der Waals surface area contributed by atoms with Gasteiger partial charge in [-0.1, -0.05) is 29.4 Å². The number of fused-ring (bicyclic) bond motifs is 1. The molecule has 0 fully saturated rings. The molecule has 1 aromatic carbocycles. The molecule has 0 saturated carbocycles. The van der Waals surface area contributed by atoms with E-state index in [1.165, 1.54) is 11.1 Å². The van der Waals surface area contributed by atoms with Gasteiger partial charge in [0, 0.05) is 13.0 Å². The first-order chi connectivity index (χ1) is 8.38. The molecule has 1 aliphatic carbocycles. The van der Waals surface area contributed by atoms with Gasteiger partial charge in [-0.15, -0.1) is 0 Å². The quantitative estimate of drug-likeness (QED) is 0.863. The van der Waals surface area contributed by atoms with Crippen LogP contribution in [-0.4, -0.2) is 23.7 Å². The van der Waals surface area contributed by atoms with Crippen LogP contribution in [0.5, 0.6) is 0 Å². The third kappa shape index (κ3) is 1.85. The maximum Gasteiger partial charge on any atom is 0.234 e. The molecule has 1 aromatic heterocycles. The fourth-order valence-electron chi connectivity index (χ4n) is 2.23. The molecule has 2 aromatic rings. The van der Waals surface area contributed by atoms with Crippen LogP contribution in [0, 0.1) is 0 Å². The largest absolute Gasteiger partial charge is 0.339 e. The van der Waals surface area contributed by atoms with E-state index in [-0.39, 0.29) is 0 Å². The highest BCUT2D eigenvalue weighted by atomic mass is 16.5. The number of nitrogens with one attached hydrogen (secondary N) is 1. The molecule has 0 bridgehead atoms. The van der Waals surface area contributed by atoms with Crippen LogP contribution in [0.15, 0.2) is 28.8 Å². The van der Waals surface area contributed by atoms with Gasteiger partial charge in [0.15, 0.2) is 5.82 Å². The minimum Gasteiger partial charge on any atom is -0.339 e. The lowest BCUT2D eigenvalue weighted by Gasteiger charge is -2.26. The zero-order chi connectivity index (χ0) is 11.7. The molecule has 0 amide bonds. The lowest BCUT2D eigenvalue weighted by Crippen LogP contribution is -2.18. The van der Waals surface area contributed by atoms with Crippen molar-refractivity contribution in [2.24, 2.45) is 0 Å². The van der Waals surface area contributed by atoms with Gasteiger partial charge in [0.2, 0.25) is 5.89 Å². The van der Waals surface area contributed by atoms with Gasteiger partial charge in [-0.2, -0.15) is 4.98 Å². The van der Waals surface area contributed by atoms with Gasteiger partial charge in [0.1, 0.15) is 0 Å². The average Bonchev–Trinajstić information content (AvgIpc) is 2.76. The molecule has 0 spiro atoms. The Morgan fingerprint density at radius 3 is 3.12 bits per heavy atom. The number of hydrogen-bond acceptors (Lipinski definition) is 4. The molecule has 3 rings (SSSR count). The minimum absolute atomic E-state index is 0.307. The molecule has 1 heterocycles. The predicted octanol–water partition coefficient (Wildman–Crippen LogP) is 1.52. The summed E-state index contributed by atoms with van der Waals surface area (Å²) < 4.78 is 5.33. The molecule has 4 nitrogen and oxygen atoms in total. The molecule has 1 N–H and O–H groups in total. The number of benzene rings is 1. The van der Waals surface area contributed by atoms with Gasteiger partial charge >= 0.3 is 0 Å². The second-order valence-electron chi connectivity index (χ2n) is 4.36. The van der Waals surface area contributed by atoms with E-state index in [1.807, 2.05) is 7.05 Å². The van der Waals surface area contributed by atoms with Gasteiger partial charge in [0.05, 0.1) is 5.92 Å². The Morgan fingerprint density at radius 1 is 1.41 bits per heavy atom. The van der Waals surface area contributed by atoms with Gasteiger partial charge in [-0.3, -0.25) is 0 Å². The van der Waals surface area contributed by atoms with E-state index in [9.17, 15) is 0 Å². The van der Waals surface area contributed by atoms with Crippen LogP contribution >= 0.6 is 0 Å². The molecular formula is C13H15N3O. The summed E-state index contributed by atoms with van der Waals surface area (Å²) in [7, 11) is 1.92. The number of aromatic nitrogens is 2. The summed E-state index contributed by atoms with van der Waals surface area (Å²) in [6.07, 6.45) is 1.83. The second-order valence-corrected chi connectivity index (χ2v) is 4.36. The summed E-state index contributed by atoms with van der Waals surface area (Å²) in [5.41, 5.74) is 2.73. The van der Waals surface area contributed by atoms with E-state index in [0.717, 1.165) is 31.1 Å². The van der Waals surface area contributed by atoms with Gasteiger partial charge in [0.25, 0.3) is 0 Å². The SMILES string of the molecule is CNCCc1noc(C2Cc3ccccc32)n1. The fourth-order valence-corrected chi connectivity index (χ4v) is 2.23. The molecule has 1 atom stereocenters. The molecular weight excluding hydrogens is 214 g/mol. The third-order valence-corrected chi connectivity index (χ3v) is 3.24. The maximum atomic E-state index is 5.33. The highest BCUT2D eigenvalue weighted by Crippen LogP contribution is 2.38. The van der Waals surface area contributed by atoms with Crippen molar-refractivity contribution in [3.63, 3.8) is 0 Å². The molecule has 0 aliphatic heterocycles. The molecule has 0 radical (unpaired) electrons. The topological polar surface area (TPSA) is 51.0 Å². The number of likely N-dealkylation sites (N-methyl/N-ethyl adjacent to an activating group) is 1. The Bertz CT molecular complexity index is 521. The van der Waals surface area contributed by atoms with Crippen molar-refractivity contribution in [2.45, 2.75) is 18.8 Å². The van der Waals surface area contributed by atoms with Crippen LogP contribution < -0.4 is 5.32 Å². The zero-order valence-corrected chi connectivity index (χ0v) is 9.81. The van der Waals surface area contributed by atoms with Crippen molar-refractivity contribution >= 4 is 0 Å². The highest BCUT2D eigenvalue weighted by molar-refractivity contribution is 5.43. The summed E-state index contributed by atoms with van der Waals surface area (Å²) >= 11 is 0. The maximum absolute atomic E-state index is 5.33. The minimum atomic E-state index is 0.307. The van der Waals surface area contributed by atoms with Crippen LogP contribution in [0.2, 0.25) is 0 Å². The Morgan fingerprint density at radius 2 is 2.29 bits per heavy atom. The van der Waals surface area contributed by atoms with Crippen LogP contribution in [0.25, 0.3) is 0 Å². The average molecular weight is 229 g/mol. The first-order valence-electron chi connectivity index (χ1n) is 5.93. The van der Waals surface area contributed by atoms with Crippen LogP contribution in [0.1, 0.15) is 28.8 Å². The van der Waals surface area contributed by atoms with E-state index in [1.54, 1.807) is 0 Å². The lowest BCUT2D eigenvalue weighted by atomic mass is 9.77. The lowest BCUT2D eigenvalue weighted by molar-refractivity contribution is 0.352. The molecule has 1 aliphatic rings. The first kappa shape index (κ1) is 10.5. The standard InChI is InChI=1S/C13H15N3O/c1-14-7-6-12-15-13(17-16-12)11-8-9-4-2-3-5-10(9)11/h2-5,11,14H,6-8H2,1H3. The summed E-state index contributed by atoms with van der Waals surface area (Å²) in [5, 5.41) is 7.08. The van der Waals surface area contributed by atoms with E-state index in [4.69, 9.17) is 4.52 Å². The fraction of sp³-hybridized carbons (Fsp3) is 0.385. The second kappa shape index (κ2) is 4.30. The molecule has 1 unspecified atom stereocenters. The Balaban J connectivity index is 1.76. The van der Waals surface area contributed by atoms with E-state index < -0.39 is 0 Å². The van der Waals surface area contributed by atoms with Crippen molar-refractivity contribution in [1.82, 2.24) is 15.5 Å². The van der Waals surface area contributed by atoms with Gasteiger partial charge in [-0.25, -0.2) is 0 Å². The number of nitrogens with zero attached hydrogens (tertiary/aromatic N) is 2. The molecule has 4 heteroatoms. The summed E-state index contributed by atoms with van der Waals surface area (Å²) in [4.78, 5) is 4.45. The summed E-state index contributed by atoms with van der Waals surface area (Å²) in [6.45, 7) is 0.875. The van der Waals surface area contributed by atoms with E-state index >= 15 is 0 Å². The Hall–Kier alpha value is -1.68. The third-order valence-electron chi connectivity index (χ3n) is 3.24. The van der Waals surface area contributed by atoms with E-state index in [0.29, 0.717) is 5.92 Å². The highest BCUT2D eigenvalue weighted by Gasteiger charge is 2.31. The number of rotatable bonds is 4. The van der Waals surface area contributed by atoms with Crippen molar-refractivity contribution in [1.29, 1.82) is 0 Å². The van der Waals surface area contributed by atoms with Crippen LogP contribution in [0.4, 0.5) is 0 Å². The van der Waals surface area contributed by atoms with Crippen LogP contribution in [-0.2, 0) is 12.8 Å². The predicted molar refractivity (Wildman–Crippen MR) is 63.9 cm³/mol. The smallest absolute Gasteiger partial charge is 0.234 e. The molecule has 0 saturated heterocycles. The summed E-state index contributed by atoms with van der Waals surface area (Å²) in [5.74, 6) is 1.86. The Kier molecular flexibility index (Phi) is 2.65. The van der Waals surface area contributed by atoms with Crippen molar-refractivity contribution in [3.8, 4) is 0 Å². The first-order valence-corrected chi connectivity index (χ1v) is 5.93. The Labute approximate surface area is 100 Å². The zero-order valence-electron chi connectivity index (χ0n) is 9.81.